The molecule has 0 radical (unpaired) electrons. The zero-order chi connectivity index (χ0) is 15.2. The van der Waals surface area contributed by atoms with Crippen LogP contribution in [-0.4, -0.2) is 44.7 Å². The van der Waals surface area contributed by atoms with Crippen LogP contribution in [0.2, 0.25) is 0 Å². The first-order valence-electron chi connectivity index (χ1n) is 8.12. The first-order valence-corrected chi connectivity index (χ1v) is 8.12. The second-order valence-electron chi connectivity index (χ2n) is 6.00. The van der Waals surface area contributed by atoms with Gasteiger partial charge in [-0.1, -0.05) is 30.3 Å². The number of anilines is 2. The number of piperazine rings is 1. The molecule has 3 rings (SSSR count). The second-order valence-corrected chi connectivity index (χ2v) is 6.00. The van der Waals surface area contributed by atoms with Crippen molar-refractivity contribution in [2.45, 2.75) is 6.42 Å². The van der Waals surface area contributed by atoms with E-state index >= 15 is 0 Å². The maximum absolute atomic E-state index is 3.50. The summed E-state index contributed by atoms with van der Waals surface area (Å²) in [4.78, 5) is 4.85. The molecule has 1 N–H and O–H groups in total. The lowest BCUT2D eigenvalue weighted by Gasteiger charge is -2.34. The molecule has 0 saturated carbocycles. The van der Waals surface area contributed by atoms with Gasteiger partial charge in [0.05, 0.1) is 0 Å². The summed E-state index contributed by atoms with van der Waals surface area (Å²) in [6.07, 6.45) is 1.06. The molecule has 2 aromatic carbocycles. The van der Waals surface area contributed by atoms with Crippen molar-refractivity contribution >= 4 is 11.4 Å². The van der Waals surface area contributed by atoms with Gasteiger partial charge >= 0.3 is 0 Å². The first-order chi connectivity index (χ1) is 10.8. The number of rotatable bonds is 5. The van der Waals surface area contributed by atoms with Crippen LogP contribution < -0.4 is 10.2 Å². The average Bonchev–Trinajstić information content (AvgIpc) is 2.57. The molecule has 116 valence electrons. The minimum Gasteiger partial charge on any atom is -0.385 e. The van der Waals surface area contributed by atoms with Gasteiger partial charge in [0.15, 0.2) is 0 Å². The van der Waals surface area contributed by atoms with E-state index in [1.54, 1.807) is 0 Å². The summed E-state index contributed by atoms with van der Waals surface area (Å²) in [5.74, 6) is 0. The van der Waals surface area contributed by atoms with Crippen molar-refractivity contribution in [2.75, 3.05) is 50.0 Å². The van der Waals surface area contributed by atoms with Gasteiger partial charge in [0.1, 0.15) is 0 Å². The predicted molar refractivity (Wildman–Crippen MR) is 94.8 cm³/mol. The van der Waals surface area contributed by atoms with Gasteiger partial charge in [-0.2, -0.15) is 0 Å². The minimum absolute atomic E-state index is 0.970. The Morgan fingerprint density at radius 2 is 1.55 bits per heavy atom. The number of nitrogens with one attached hydrogen (secondary N) is 1. The smallest absolute Gasteiger partial charge is 0.0368 e. The Hall–Kier alpha value is -2.00. The highest BCUT2D eigenvalue weighted by Gasteiger charge is 2.13. The van der Waals surface area contributed by atoms with Gasteiger partial charge in [-0.3, -0.25) is 0 Å². The van der Waals surface area contributed by atoms with E-state index < -0.39 is 0 Å². The van der Waals surface area contributed by atoms with Crippen LogP contribution in [0.3, 0.4) is 0 Å². The molecule has 0 bridgehead atoms. The van der Waals surface area contributed by atoms with Gasteiger partial charge in [0, 0.05) is 44.1 Å². The van der Waals surface area contributed by atoms with Crippen LogP contribution in [-0.2, 0) is 6.42 Å². The Labute approximate surface area is 133 Å². The van der Waals surface area contributed by atoms with E-state index in [1.807, 2.05) is 0 Å². The summed E-state index contributed by atoms with van der Waals surface area (Å²) in [7, 11) is 2.19. The SMILES string of the molecule is CN1CCN(c2ccc(NCCc3ccccc3)cc2)CC1. The normalized spacial score (nSPS) is 15.8. The first kappa shape index (κ1) is 14.9. The summed E-state index contributed by atoms with van der Waals surface area (Å²) in [5, 5.41) is 3.50. The molecule has 0 aromatic heterocycles. The fourth-order valence-electron chi connectivity index (χ4n) is 2.85. The molecule has 0 unspecified atom stereocenters. The van der Waals surface area contributed by atoms with E-state index in [9.17, 15) is 0 Å². The van der Waals surface area contributed by atoms with Gasteiger partial charge in [-0.15, -0.1) is 0 Å². The monoisotopic (exact) mass is 295 g/mol. The molecule has 22 heavy (non-hydrogen) atoms. The number of hydrogen-bond donors (Lipinski definition) is 1. The minimum atomic E-state index is 0.970. The van der Waals surface area contributed by atoms with Crippen molar-refractivity contribution < 1.29 is 0 Å². The van der Waals surface area contributed by atoms with Crippen LogP contribution in [0.15, 0.2) is 54.6 Å². The Balaban J connectivity index is 1.49. The molecule has 1 aliphatic rings. The molecule has 3 nitrogen and oxygen atoms in total. The highest BCUT2D eigenvalue weighted by atomic mass is 15.2. The van der Waals surface area contributed by atoms with Crippen molar-refractivity contribution in [1.29, 1.82) is 0 Å². The molecular weight excluding hydrogens is 270 g/mol. The number of hydrogen-bond acceptors (Lipinski definition) is 3. The van der Waals surface area contributed by atoms with Crippen molar-refractivity contribution in [2.24, 2.45) is 0 Å². The van der Waals surface area contributed by atoms with Crippen LogP contribution in [0.5, 0.6) is 0 Å². The van der Waals surface area contributed by atoms with Gasteiger partial charge in [-0.05, 0) is 43.3 Å². The third kappa shape index (κ3) is 4.01. The van der Waals surface area contributed by atoms with Gasteiger partial charge in [-0.25, -0.2) is 0 Å². The number of benzene rings is 2. The Bertz CT molecular complexity index is 557. The average molecular weight is 295 g/mol. The molecule has 0 atom stereocenters. The highest BCUT2D eigenvalue weighted by Crippen LogP contribution is 2.19. The topological polar surface area (TPSA) is 18.5 Å². The molecule has 2 aromatic rings. The van der Waals surface area contributed by atoms with Crippen LogP contribution in [0.25, 0.3) is 0 Å². The summed E-state index contributed by atoms with van der Waals surface area (Å²) in [5.41, 5.74) is 3.92. The van der Waals surface area contributed by atoms with Crippen LogP contribution in [0.4, 0.5) is 11.4 Å². The van der Waals surface area contributed by atoms with E-state index in [1.165, 1.54) is 16.9 Å². The van der Waals surface area contributed by atoms with E-state index in [2.05, 4.69) is 76.8 Å². The lowest BCUT2D eigenvalue weighted by Crippen LogP contribution is -2.44. The molecular formula is C19H25N3. The molecule has 3 heteroatoms. The van der Waals surface area contributed by atoms with Crippen LogP contribution in [0.1, 0.15) is 5.56 Å². The predicted octanol–water partition coefficient (Wildman–Crippen LogP) is 3.09. The molecule has 1 aliphatic heterocycles. The fraction of sp³-hybridized carbons (Fsp3) is 0.368. The van der Waals surface area contributed by atoms with Crippen molar-refractivity contribution in [3.63, 3.8) is 0 Å². The molecule has 0 aliphatic carbocycles. The van der Waals surface area contributed by atoms with Gasteiger partial charge < -0.3 is 15.1 Å². The molecule has 1 saturated heterocycles. The van der Waals surface area contributed by atoms with E-state index in [-0.39, 0.29) is 0 Å². The number of nitrogens with zero attached hydrogens (tertiary/aromatic N) is 2. The number of likely N-dealkylation sites (N-methyl/N-ethyl adjacent to an activating group) is 1. The molecule has 0 spiro atoms. The zero-order valence-corrected chi connectivity index (χ0v) is 13.3. The highest BCUT2D eigenvalue weighted by molar-refractivity contribution is 5.55. The third-order valence-corrected chi connectivity index (χ3v) is 4.32. The van der Waals surface area contributed by atoms with Crippen molar-refractivity contribution in [3.8, 4) is 0 Å². The molecule has 1 heterocycles. The lowest BCUT2D eigenvalue weighted by molar-refractivity contribution is 0.313. The fourth-order valence-corrected chi connectivity index (χ4v) is 2.85. The summed E-state index contributed by atoms with van der Waals surface area (Å²) in [6.45, 7) is 5.51. The molecule has 0 amide bonds. The molecule has 1 fully saturated rings. The quantitative estimate of drug-likeness (QED) is 0.914. The third-order valence-electron chi connectivity index (χ3n) is 4.32. The summed E-state index contributed by atoms with van der Waals surface area (Å²) < 4.78 is 0. The Kier molecular flexibility index (Phi) is 4.96. The lowest BCUT2D eigenvalue weighted by atomic mass is 10.1. The summed E-state index contributed by atoms with van der Waals surface area (Å²) in [6, 6.07) is 19.5. The zero-order valence-electron chi connectivity index (χ0n) is 13.3. The maximum Gasteiger partial charge on any atom is 0.0368 e. The van der Waals surface area contributed by atoms with Gasteiger partial charge in [0.25, 0.3) is 0 Å². The standard InChI is InChI=1S/C19H25N3/c1-21-13-15-22(16-14-21)19-9-7-18(8-10-19)20-12-11-17-5-3-2-4-6-17/h2-10,20H,11-16H2,1H3. The van der Waals surface area contributed by atoms with Crippen LogP contribution >= 0.6 is 0 Å². The largest absolute Gasteiger partial charge is 0.385 e. The van der Waals surface area contributed by atoms with E-state index in [4.69, 9.17) is 0 Å². The second kappa shape index (κ2) is 7.32. The van der Waals surface area contributed by atoms with Crippen LogP contribution in [0, 0.1) is 0 Å². The van der Waals surface area contributed by atoms with E-state index in [0.717, 1.165) is 39.1 Å². The Morgan fingerprint density at radius 1 is 0.864 bits per heavy atom. The summed E-state index contributed by atoms with van der Waals surface area (Å²) >= 11 is 0. The van der Waals surface area contributed by atoms with Crippen molar-refractivity contribution in [3.05, 3.63) is 60.2 Å². The Morgan fingerprint density at radius 3 is 2.23 bits per heavy atom. The van der Waals surface area contributed by atoms with Crippen molar-refractivity contribution in [1.82, 2.24) is 4.90 Å². The van der Waals surface area contributed by atoms with Gasteiger partial charge in [0.2, 0.25) is 0 Å². The van der Waals surface area contributed by atoms with E-state index in [0.29, 0.717) is 0 Å². The maximum atomic E-state index is 3.50.